The number of nitrogens with zero attached hydrogens (tertiary/aromatic N) is 2. The Hall–Kier alpha value is -3.00. The molecule has 0 bridgehead atoms. The zero-order valence-corrected chi connectivity index (χ0v) is 18.9. The lowest BCUT2D eigenvalue weighted by Crippen LogP contribution is -2.17. The Balaban J connectivity index is 1.50. The molecule has 2 aromatic heterocycles. The molecule has 2 amide bonds. The van der Waals surface area contributed by atoms with E-state index in [1.807, 2.05) is 27.7 Å². The van der Waals surface area contributed by atoms with Crippen molar-refractivity contribution in [2.75, 3.05) is 17.2 Å². The third kappa shape index (κ3) is 4.85. The number of aryl methyl sites for hydroxylation is 2. The van der Waals surface area contributed by atoms with Gasteiger partial charge in [-0.1, -0.05) is 19.9 Å². The van der Waals surface area contributed by atoms with Crippen molar-refractivity contribution in [3.8, 4) is 0 Å². The molecule has 0 atom stereocenters. The number of thiophene rings is 1. The molecule has 0 spiro atoms. The molecular weight excluding hydrogens is 412 g/mol. The molecule has 1 aliphatic carbocycles. The number of amides is 2. The fourth-order valence-corrected chi connectivity index (χ4v) is 4.49. The predicted octanol–water partition coefficient (Wildman–Crippen LogP) is 5.64. The molecule has 3 aromatic rings. The lowest BCUT2D eigenvalue weighted by Gasteiger charge is -2.10. The Labute approximate surface area is 185 Å². The van der Waals surface area contributed by atoms with E-state index in [1.54, 1.807) is 24.3 Å². The molecule has 0 radical (unpaired) electrons. The van der Waals surface area contributed by atoms with Crippen LogP contribution in [-0.4, -0.2) is 28.6 Å². The number of hydrogen-bond acceptors (Lipinski definition) is 6. The number of fused-ring (bicyclic) bond motifs is 1. The van der Waals surface area contributed by atoms with Crippen LogP contribution in [0, 0.1) is 19.8 Å². The van der Waals surface area contributed by atoms with Gasteiger partial charge in [-0.15, -0.1) is 11.3 Å². The van der Waals surface area contributed by atoms with Crippen LogP contribution < -0.4 is 10.6 Å². The van der Waals surface area contributed by atoms with Crippen molar-refractivity contribution in [1.82, 2.24) is 9.97 Å². The monoisotopic (exact) mass is 438 g/mol. The molecular formula is C23H26N4O3S. The summed E-state index contributed by atoms with van der Waals surface area (Å²) in [4.78, 5) is 35.7. The zero-order chi connectivity index (χ0) is 22.1. The van der Waals surface area contributed by atoms with Crippen molar-refractivity contribution < 1.29 is 14.3 Å². The molecule has 1 fully saturated rings. The Morgan fingerprint density at radius 1 is 1.16 bits per heavy atom. The second-order valence-corrected chi connectivity index (χ2v) is 9.33. The standard InChI is InChI=1S/C23H26N4O3S/c1-12(2)11-30-23(29)26-17-7-5-6-16(10-17)25-21(28)19-13(3)18-14(4)24-20(15-8-9-15)27-22(18)31-19/h5-7,10,12,15H,8-9,11H2,1-4H3,(H,25,28)(H,26,29). The molecule has 7 nitrogen and oxygen atoms in total. The zero-order valence-electron chi connectivity index (χ0n) is 18.1. The number of rotatable bonds is 6. The van der Waals surface area contributed by atoms with Gasteiger partial charge in [0.15, 0.2) is 0 Å². The Bertz CT molecular complexity index is 1150. The van der Waals surface area contributed by atoms with E-state index >= 15 is 0 Å². The minimum Gasteiger partial charge on any atom is -0.449 e. The minimum atomic E-state index is -0.516. The molecule has 2 N–H and O–H groups in total. The summed E-state index contributed by atoms with van der Waals surface area (Å²) in [5, 5.41) is 6.57. The van der Waals surface area contributed by atoms with Gasteiger partial charge in [-0.2, -0.15) is 0 Å². The summed E-state index contributed by atoms with van der Waals surface area (Å²) in [5.74, 6) is 1.41. The maximum absolute atomic E-state index is 13.0. The van der Waals surface area contributed by atoms with E-state index < -0.39 is 6.09 Å². The van der Waals surface area contributed by atoms with Crippen LogP contribution in [0.15, 0.2) is 24.3 Å². The predicted molar refractivity (Wildman–Crippen MR) is 123 cm³/mol. The van der Waals surface area contributed by atoms with Gasteiger partial charge in [0, 0.05) is 22.7 Å². The molecule has 0 unspecified atom stereocenters. The molecule has 1 aromatic carbocycles. The van der Waals surface area contributed by atoms with Gasteiger partial charge < -0.3 is 10.1 Å². The summed E-state index contributed by atoms with van der Waals surface area (Å²) in [6.07, 6.45) is 1.76. The summed E-state index contributed by atoms with van der Waals surface area (Å²) in [6.45, 7) is 8.20. The fraction of sp³-hybridized carbons (Fsp3) is 0.391. The summed E-state index contributed by atoms with van der Waals surface area (Å²) in [7, 11) is 0. The number of benzene rings is 1. The van der Waals surface area contributed by atoms with Crippen LogP contribution in [0.2, 0.25) is 0 Å². The van der Waals surface area contributed by atoms with Gasteiger partial charge in [0.25, 0.3) is 5.91 Å². The van der Waals surface area contributed by atoms with Gasteiger partial charge in [-0.25, -0.2) is 14.8 Å². The maximum atomic E-state index is 13.0. The van der Waals surface area contributed by atoms with Gasteiger partial charge in [0.05, 0.1) is 17.2 Å². The van der Waals surface area contributed by atoms with E-state index in [1.165, 1.54) is 11.3 Å². The number of carbonyl (C=O) groups excluding carboxylic acids is 2. The van der Waals surface area contributed by atoms with Crippen molar-refractivity contribution in [3.05, 3.63) is 46.2 Å². The normalized spacial score (nSPS) is 13.5. The SMILES string of the molecule is Cc1nc(C2CC2)nc2sc(C(=O)Nc3cccc(NC(=O)OCC(C)C)c3)c(C)c12. The van der Waals surface area contributed by atoms with Crippen molar-refractivity contribution >= 4 is 44.9 Å². The number of aromatic nitrogens is 2. The summed E-state index contributed by atoms with van der Waals surface area (Å²) in [5.41, 5.74) is 2.95. The Kier molecular flexibility index (Phi) is 5.91. The van der Waals surface area contributed by atoms with Crippen molar-refractivity contribution in [3.63, 3.8) is 0 Å². The Morgan fingerprint density at radius 3 is 2.55 bits per heavy atom. The molecule has 0 saturated heterocycles. The average Bonchev–Trinajstić information content (AvgIpc) is 3.50. The van der Waals surface area contributed by atoms with E-state index in [-0.39, 0.29) is 11.8 Å². The lowest BCUT2D eigenvalue weighted by molar-refractivity contribution is 0.103. The van der Waals surface area contributed by atoms with Crippen LogP contribution in [0.25, 0.3) is 10.2 Å². The lowest BCUT2D eigenvalue weighted by atomic mass is 10.1. The first-order valence-electron chi connectivity index (χ1n) is 10.4. The molecule has 4 rings (SSSR count). The van der Waals surface area contributed by atoms with Gasteiger partial charge in [-0.05, 0) is 56.4 Å². The Morgan fingerprint density at radius 2 is 1.87 bits per heavy atom. The highest BCUT2D eigenvalue weighted by Crippen LogP contribution is 2.40. The van der Waals surface area contributed by atoms with Gasteiger partial charge >= 0.3 is 6.09 Å². The van der Waals surface area contributed by atoms with Crippen LogP contribution in [0.4, 0.5) is 16.2 Å². The van der Waals surface area contributed by atoms with Crippen molar-refractivity contribution in [2.24, 2.45) is 5.92 Å². The van der Waals surface area contributed by atoms with Gasteiger partial charge in [-0.3, -0.25) is 10.1 Å². The molecule has 1 saturated carbocycles. The highest BCUT2D eigenvalue weighted by molar-refractivity contribution is 7.20. The molecule has 1 aliphatic rings. The topological polar surface area (TPSA) is 93.2 Å². The molecule has 162 valence electrons. The summed E-state index contributed by atoms with van der Waals surface area (Å²) < 4.78 is 5.14. The average molecular weight is 439 g/mol. The van der Waals surface area contributed by atoms with Crippen LogP contribution in [0.1, 0.15) is 59.4 Å². The van der Waals surface area contributed by atoms with Crippen LogP contribution >= 0.6 is 11.3 Å². The van der Waals surface area contributed by atoms with E-state index in [4.69, 9.17) is 9.72 Å². The third-order valence-electron chi connectivity index (χ3n) is 5.05. The van der Waals surface area contributed by atoms with E-state index in [0.29, 0.717) is 28.8 Å². The number of ether oxygens (including phenoxy) is 1. The maximum Gasteiger partial charge on any atom is 0.411 e. The number of hydrogen-bond donors (Lipinski definition) is 2. The third-order valence-corrected chi connectivity index (χ3v) is 6.24. The first-order valence-corrected chi connectivity index (χ1v) is 11.3. The number of anilines is 2. The highest BCUT2D eigenvalue weighted by atomic mass is 32.1. The van der Waals surface area contributed by atoms with Crippen LogP contribution in [0.5, 0.6) is 0 Å². The van der Waals surface area contributed by atoms with Crippen molar-refractivity contribution in [1.29, 1.82) is 0 Å². The fourth-order valence-electron chi connectivity index (χ4n) is 3.36. The van der Waals surface area contributed by atoms with Gasteiger partial charge in [0.2, 0.25) is 0 Å². The van der Waals surface area contributed by atoms with E-state index in [9.17, 15) is 9.59 Å². The van der Waals surface area contributed by atoms with Crippen LogP contribution in [-0.2, 0) is 4.74 Å². The van der Waals surface area contributed by atoms with E-state index in [0.717, 1.165) is 40.1 Å². The largest absolute Gasteiger partial charge is 0.449 e. The molecule has 8 heteroatoms. The van der Waals surface area contributed by atoms with Gasteiger partial charge in [0.1, 0.15) is 10.7 Å². The molecule has 0 aliphatic heterocycles. The second-order valence-electron chi connectivity index (χ2n) is 8.33. The second kappa shape index (κ2) is 8.63. The van der Waals surface area contributed by atoms with Crippen molar-refractivity contribution in [2.45, 2.75) is 46.5 Å². The quantitative estimate of drug-likeness (QED) is 0.519. The van der Waals surface area contributed by atoms with E-state index in [2.05, 4.69) is 15.6 Å². The van der Waals surface area contributed by atoms with Crippen LogP contribution in [0.3, 0.4) is 0 Å². The highest BCUT2D eigenvalue weighted by Gasteiger charge is 2.28. The smallest absolute Gasteiger partial charge is 0.411 e. The first-order chi connectivity index (χ1) is 14.8. The summed E-state index contributed by atoms with van der Waals surface area (Å²) >= 11 is 1.40. The molecule has 31 heavy (non-hydrogen) atoms. The first kappa shape index (κ1) is 21.2. The number of nitrogens with one attached hydrogen (secondary N) is 2. The summed E-state index contributed by atoms with van der Waals surface area (Å²) in [6, 6.07) is 6.99. The molecule has 2 heterocycles. The number of carbonyl (C=O) groups is 2. The minimum absolute atomic E-state index is 0.201.